The van der Waals surface area contributed by atoms with Crippen LogP contribution in [-0.2, 0) is 14.8 Å². The molecule has 0 saturated heterocycles. The highest BCUT2D eigenvalue weighted by molar-refractivity contribution is 7.89. The molecule has 0 aromatic heterocycles. The van der Waals surface area contributed by atoms with Crippen LogP contribution in [0, 0.1) is 12.8 Å². The Hall–Kier alpha value is -1.44. The molecule has 0 radical (unpaired) electrons. The zero-order valence-electron chi connectivity index (χ0n) is 12.2. The first-order chi connectivity index (χ1) is 9.83. The predicted octanol–water partition coefficient (Wildman–Crippen LogP) is 0.969. The highest BCUT2D eigenvalue weighted by Crippen LogP contribution is 2.27. The molecular formula is C14H21N3O3S. The SMILES string of the molecule is CNS(=O)(=O)c1ccc(C)c(NC(=O)C2CCC(N)C2)c1. The van der Waals surface area contributed by atoms with Gasteiger partial charge in [0.15, 0.2) is 0 Å². The molecule has 1 aliphatic rings. The second-order valence-corrected chi connectivity index (χ2v) is 7.33. The van der Waals surface area contributed by atoms with Gasteiger partial charge in [-0.15, -0.1) is 0 Å². The van der Waals surface area contributed by atoms with Crippen LogP contribution in [0.1, 0.15) is 24.8 Å². The molecule has 21 heavy (non-hydrogen) atoms. The van der Waals surface area contributed by atoms with E-state index in [4.69, 9.17) is 5.73 Å². The number of rotatable bonds is 4. The van der Waals surface area contributed by atoms with Crippen LogP contribution in [0.25, 0.3) is 0 Å². The zero-order valence-corrected chi connectivity index (χ0v) is 13.0. The Kier molecular flexibility index (Phi) is 4.65. The minimum absolute atomic E-state index is 0.0813. The average Bonchev–Trinajstić information content (AvgIpc) is 2.87. The van der Waals surface area contributed by atoms with Gasteiger partial charge in [-0.1, -0.05) is 6.07 Å². The predicted molar refractivity (Wildman–Crippen MR) is 81.4 cm³/mol. The molecule has 116 valence electrons. The number of carbonyl (C=O) groups excluding carboxylic acids is 1. The molecule has 0 aliphatic heterocycles. The van der Waals surface area contributed by atoms with Gasteiger partial charge in [-0.25, -0.2) is 13.1 Å². The van der Waals surface area contributed by atoms with Gasteiger partial charge in [-0.05, 0) is 50.9 Å². The summed E-state index contributed by atoms with van der Waals surface area (Å²) in [4.78, 5) is 12.3. The van der Waals surface area contributed by atoms with Gasteiger partial charge in [-0.3, -0.25) is 4.79 Å². The summed E-state index contributed by atoms with van der Waals surface area (Å²) in [6.45, 7) is 1.83. The molecule has 2 rings (SSSR count). The minimum Gasteiger partial charge on any atom is -0.328 e. The second-order valence-electron chi connectivity index (χ2n) is 5.44. The minimum atomic E-state index is -3.52. The monoisotopic (exact) mass is 311 g/mol. The van der Waals surface area contributed by atoms with Crippen molar-refractivity contribution < 1.29 is 13.2 Å². The lowest BCUT2D eigenvalue weighted by atomic mass is 10.1. The number of carbonyl (C=O) groups is 1. The first-order valence-corrected chi connectivity index (χ1v) is 8.42. The molecule has 1 aliphatic carbocycles. The third kappa shape index (κ3) is 3.61. The van der Waals surface area contributed by atoms with Gasteiger partial charge < -0.3 is 11.1 Å². The van der Waals surface area contributed by atoms with E-state index in [-0.39, 0.29) is 22.8 Å². The van der Waals surface area contributed by atoms with Gasteiger partial charge in [0.05, 0.1) is 4.90 Å². The van der Waals surface area contributed by atoms with Crippen molar-refractivity contribution in [1.82, 2.24) is 4.72 Å². The van der Waals surface area contributed by atoms with E-state index < -0.39 is 10.0 Å². The maximum absolute atomic E-state index is 12.2. The number of hydrogen-bond acceptors (Lipinski definition) is 4. The molecule has 0 spiro atoms. The van der Waals surface area contributed by atoms with E-state index in [1.807, 2.05) is 6.92 Å². The zero-order chi connectivity index (χ0) is 15.6. The van der Waals surface area contributed by atoms with Gasteiger partial charge >= 0.3 is 0 Å². The smallest absolute Gasteiger partial charge is 0.240 e. The fourth-order valence-electron chi connectivity index (χ4n) is 2.51. The maximum Gasteiger partial charge on any atom is 0.240 e. The van der Waals surface area contributed by atoms with Crippen LogP contribution in [0.2, 0.25) is 0 Å². The molecule has 0 heterocycles. The van der Waals surface area contributed by atoms with Crippen LogP contribution in [0.15, 0.2) is 23.1 Å². The highest BCUT2D eigenvalue weighted by atomic mass is 32.2. The van der Waals surface area contributed by atoms with Gasteiger partial charge in [0.1, 0.15) is 0 Å². The van der Waals surface area contributed by atoms with Crippen LogP contribution < -0.4 is 15.8 Å². The van der Waals surface area contributed by atoms with Gasteiger partial charge in [0.25, 0.3) is 0 Å². The van der Waals surface area contributed by atoms with E-state index in [0.717, 1.165) is 18.4 Å². The average molecular weight is 311 g/mol. The first kappa shape index (κ1) is 15.9. The summed E-state index contributed by atoms with van der Waals surface area (Å²) < 4.78 is 25.9. The number of hydrogen-bond donors (Lipinski definition) is 3. The van der Waals surface area contributed by atoms with E-state index >= 15 is 0 Å². The third-order valence-corrected chi connectivity index (χ3v) is 5.30. The molecule has 7 heteroatoms. The van der Waals surface area contributed by atoms with E-state index in [2.05, 4.69) is 10.0 Å². The van der Waals surface area contributed by atoms with Crippen molar-refractivity contribution in [1.29, 1.82) is 0 Å². The Morgan fingerprint density at radius 1 is 1.33 bits per heavy atom. The third-order valence-electron chi connectivity index (χ3n) is 3.89. The molecule has 2 atom stereocenters. The van der Waals surface area contributed by atoms with Crippen molar-refractivity contribution in [3.05, 3.63) is 23.8 Å². The summed E-state index contributed by atoms with van der Waals surface area (Å²) in [6, 6.07) is 4.76. The molecule has 0 bridgehead atoms. The van der Waals surface area contributed by atoms with Crippen LogP contribution in [0.5, 0.6) is 0 Å². The lowest BCUT2D eigenvalue weighted by Crippen LogP contribution is -2.24. The fourth-order valence-corrected chi connectivity index (χ4v) is 3.27. The molecular weight excluding hydrogens is 290 g/mol. The lowest BCUT2D eigenvalue weighted by Gasteiger charge is -2.14. The molecule has 1 saturated carbocycles. The van der Waals surface area contributed by atoms with Crippen LogP contribution in [0.4, 0.5) is 5.69 Å². The van der Waals surface area contributed by atoms with E-state index in [1.165, 1.54) is 19.2 Å². The van der Waals surface area contributed by atoms with Crippen LogP contribution in [0.3, 0.4) is 0 Å². The second kappa shape index (κ2) is 6.13. The Morgan fingerprint density at radius 3 is 2.62 bits per heavy atom. The molecule has 1 aromatic carbocycles. The Labute approximate surface area is 125 Å². The first-order valence-electron chi connectivity index (χ1n) is 6.94. The standard InChI is InChI=1S/C14H21N3O3S/c1-9-3-6-12(21(19,20)16-2)8-13(9)17-14(18)10-4-5-11(15)7-10/h3,6,8,10-11,16H,4-5,7,15H2,1-2H3,(H,17,18). The maximum atomic E-state index is 12.2. The van der Waals surface area contributed by atoms with Crippen LogP contribution >= 0.6 is 0 Å². The molecule has 1 aromatic rings. The van der Waals surface area contributed by atoms with E-state index in [0.29, 0.717) is 12.1 Å². The highest BCUT2D eigenvalue weighted by Gasteiger charge is 2.28. The summed E-state index contributed by atoms with van der Waals surface area (Å²) in [5.74, 6) is -0.186. The number of benzene rings is 1. The fraction of sp³-hybridized carbons (Fsp3) is 0.500. The molecule has 1 amide bonds. The summed E-state index contributed by atoms with van der Waals surface area (Å²) in [5.41, 5.74) is 7.16. The topological polar surface area (TPSA) is 101 Å². The lowest BCUT2D eigenvalue weighted by molar-refractivity contribution is -0.119. The van der Waals surface area contributed by atoms with Crippen molar-refractivity contribution in [3.63, 3.8) is 0 Å². The number of nitrogens with one attached hydrogen (secondary N) is 2. The largest absolute Gasteiger partial charge is 0.328 e. The number of amides is 1. The summed E-state index contributed by atoms with van der Waals surface area (Å²) in [7, 11) is -2.17. The molecule has 1 fully saturated rings. The van der Waals surface area contributed by atoms with Crippen molar-refractivity contribution >= 4 is 21.6 Å². The number of anilines is 1. The molecule has 2 unspecified atom stereocenters. The Bertz CT molecular complexity index is 643. The number of sulfonamides is 1. The molecule has 4 N–H and O–H groups in total. The van der Waals surface area contributed by atoms with Crippen molar-refractivity contribution in [2.75, 3.05) is 12.4 Å². The van der Waals surface area contributed by atoms with Crippen molar-refractivity contribution in [2.45, 2.75) is 37.1 Å². The van der Waals surface area contributed by atoms with Gasteiger partial charge in [0.2, 0.25) is 15.9 Å². The quantitative estimate of drug-likeness (QED) is 0.771. The van der Waals surface area contributed by atoms with Gasteiger partial charge in [-0.2, -0.15) is 0 Å². The Balaban J connectivity index is 2.20. The number of aryl methyl sites for hydroxylation is 1. The van der Waals surface area contributed by atoms with Crippen molar-refractivity contribution in [3.8, 4) is 0 Å². The molecule has 6 nitrogen and oxygen atoms in total. The number of nitrogens with two attached hydrogens (primary N) is 1. The van der Waals surface area contributed by atoms with Gasteiger partial charge in [0, 0.05) is 17.6 Å². The van der Waals surface area contributed by atoms with E-state index in [9.17, 15) is 13.2 Å². The summed E-state index contributed by atoms with van der Waals surface area (Å²) in [5, 5.41) is 2.82. The Morgan fingerprint density at radius 2 is 2.05 bits per heavy atom. The summed E-state index contributed by atoms with van der Waals surface area (Å²) in [6.07, 6.45) is 2.31. The normalized spacial score (nSPS) is 22.2. The van der Waals surface area contributed by atoms with Crippen molar-refractivity contribution in [2.24, 2.45) is 11.7 Å². The summed E-state index contributed by atoms with van der Waals surface area (Å²) >= 11 is 0. The van der Waals surface area contributed by atoms with Crippen LogP contribution in [-0.4, -0.2) is 27.4 Å². The van der Waals surface area contributed by atoms with E-state index in [1.54, 1.807) is 6.07 Å².